The predicted molar refractivity (Wildman–Crippen MR) is 177 cm³/mol. The molecule has 0 radical (unpaired) electrons. The van der Waals surface area contributed by atoms with Crippen LogP contribution in [0.1, 0.15) is 36.5 Å². The Kier molecular flexibility index (Phi) is 9.62. The fourth-order valence-corrected chi connectivity index (χ4v) is 5.40. The van der Waals surface area contributed by atoms with Crippen LogP contribution in [0.3, 0.4) is 0 Å². The maximum Gasteiger partial charge on any atom is 0.411 e. The number of nitrogens with zero attached hydrogens (tertiary/aromatic N) is 3. The summed E-state index contributed by atoms with van der Waals surface area (Å²) >= 11 is 0. The molecule has 5 rings (SSSR count). The van der Waals surface area contributed by atoms with Crippen molar-refractivity contribution in [1.82, 2.24) is 19.7 Å². The van der Waals surface area contributed by atoms with E-state index in [9.17, 15) is 14.4 Å². The molecule has 10 nitrogen and oxygen atoms in total. The number of carbonyl (C=O) groups is 2. The molecule has 0 saturated heterocycles. The van der Waals surface area contributed by atoms with Crippen LogP contribution < -0.4 is 16.2 Å². The Bertz CT molecular complexity index is 1880. The van der Waals surface area contributed by atoms with Crippen LogP contribution >= 0.6 is 0 Å². The van der Waals surface area contributed by atoms with Crippen molar-refractivity contribution in [3.63, 3.8) is 0 Å². The highest BCUT2D eigenvalue weighted by molar-refractivity contribution is 5.87. The third kappa shape index (κ3) is 7.41. The van der Waals surface area contributed by atoms with Crippen LogP contribution in [-0.2, 0) is 22.6 Å². The Morgan fingerprint density at radius 1 is 1.04 bits per heavy atom. The summed E-state index contributed by atoms with van der Waals surface area (Å²) in [7, 11) is 1.73. The van der Waals surface area contributed by atoms with E-state index in [4.69, 9.17) is 4.74 Å². The molecule has 0 bridgehead atoms. The number of aryl methyl sites for hydroxylation is 2. The summed E-state index contributed by atoms with van der Waals surface area (Å²) in [6.07, 6.45) is 2.81. The number of pyridine rings is 1. The average molecular weight is 607 g/mol. The van der Waals surface area contributed by atoms with E-state index in [0.717, 1.165) is 33.3 Å². The van der Waals surface area contributed by atoms with Crippen molar-refractivity contribution in [1.29, 1.82) is 0 Å². The minimum Gasteiger partial charge on any atom is -0.449 e. The van der Waals surface area contributed by atoms with E-state index in [1.807, 2.05) is 92.2 Å². The minimum atomic E-state index is -0.546. The van der Waals surface area contributed by atoms with Gasteiger partial charge in [-0.2, -0.15) is 5.10 Å². The van der Waals surface area contributed by atoms with E-state index in [1.54, 1.807) is 30.4 Å². The molecule has 10 heteroatoms. The fraction of sp³-hybridized carbons (Fsp3) is 0.257. The number of anilines is 2. The molecule has 0 fully saturated rings. The maximum atomic E-state index is 13.2. The number of aromatic nitrogens is 3. The Labute approximate surface area is 262 Å². The van der Waals surface area contributed by atoms with E-state index in [1.165, 1.54) is 0 Å². The number of ether oxygens (including phenoxy) is 1. The lowest BCUT2D eigenvalue weighted by atomic mass is 9.97. The molecule has 45 heavy (non-hydrogen) atoms. The second-order valence-corrected chi connectivity index (χ2v) is 11.1. The molecule has 5 aromatic rings. The van der Waals surface area contributed by atoms with Gasteiger partial charge in [-0.25, -0.2) is 4.79 Å². The standard InChI is InChI=1S/C35H38N6O4/c1-5-41-32(15-17-38-41)30-13-12-28(39-35(44)45-22-24(3)29-9-7-6-8-23(29)2)18-26(30)21-40(4)33(42)20-37-27-11-10-25-14-16-36-34(43)31(25)19-27/h6-19,24,37H,5,20-22H2,1-4H3,(H,36,43)(H,39,44). The van der Waals surface area contributed by atoms with Gasteiger partial charge < -0.3 is 19.9 Å². The normalized spacial score (nSPS) is 11.6. The van der Waals surface area contributed by atoms with Crippen molar-refractivity contribution in [3.8, 4) is 11.3 Å². The largest absolute Gasteiger partial charge is 0.449 e. The highest BCUT2D eigenvalue weighted by Crippen LogP contribution is 2.28. The molecule has 2 amide bonds. The van der Waals surface area contributed by atoms with Gasteiger partial charge in [-0.3, -0.25) is 19.6 Å². The lowest BCUT2D eigenvalue weighted by Gasteiger charge is -2.21. The fourth-order valence-electron chi connectivity index (χ4n) is 5.40. The first kappa shape index (κ1) is 31.1. The zero-order valence-electron chi connectivity index (χ0n) is 26.0. The van der Waals surface area contributed by atoms with Crippen LogP contribution in [-0.4, -0.2) is 51.9 Å². The number of hydrogen-bond donors (Lipinski definition) is 3. The molecule has 1 unspecified atom stereocenters. The van der Waals surface area contributed by atoms with Gasteiger partial charge in [0.05, 0.1) is 18.8 Å². The number of amides is 2. The van der Waals surface area contributed by atoms with Crippen LogP contribution in [0.2, 0.25) is 0 Å². The SMILES string of the molecule is CCn1nccc1-c1ccc(NC(=O)OCC(C)c2ccccc2C)cc1CN(C)C(=O)CNc1ccc2cc[nH]c(=O)c2c1. The topological polar surface area (TPSA) is 121 Å². The molecule has 232 valence electrons. The van der Waals surface area contributed by atoms with E-state index < -0.39 is 6.09 Å². The van der Waals surface area contributed by atoms with Crippen molar-refractivity contribution in [3.05, 3.63) is 112 Å². The zero-order chi connectivity index (χ0) is 31.9. The summed E-state index contributed by atoms with van der Waals surface area (Å²) < 4.78 is 7.45. The third-order valence-corrected chi connectivity index (χ3v) is 7.88. The second kappa shape index (κ2) is 13.9. The quantitative estimate of drug-likeness (QED) is 0.166. The average Bonchev–Trinajstić information content (AvgIpc) is 3.52. The first-order valence-electron chi connectivity index (χ1n) is 15.0. The van der Waals surface area contributed by atoms with Crippen LogP contribution in [0.5, 0.6) is 0 Å². The van der Waals surface area contributed by atoms with Gasteiger partial charge in [-0.05, 0) is 72.3 Å². The van der Waals surface area contributed by atoms with E-state index >= 15 is 0 Å². The monoisotopic (exact) mass is 606 g/mol. The molecule has 0 spiro atoms. The highest BCUT2D eigenvalue weighted by Gasteiger charge is 2.17. The third-order valence-electron chi connectivity index (χ3n) is 7.88. The number of fused-ring (bicyclic) bond motifs is 1. The molecule has 1 atom stereocenters. The van der Waals surface area contributed by atoms with Crippen molar-refractivity contribution < 1.29 is 14.3 Å². The Morgan fingerprint density at radius 3 is 2.64 bits per heavy atom. The summed E-state index contributed by atoms with van der Waals surface area (Å²) in [5.74, 6) is -0.0947. The molecule has 2 heterocycles. The van der Waals surface area contributed by atoms with Crippen LogP contribution in [0, 0.1) is 6.92 Å². The van der Waals surface area contributed by atoms with Gasteiger partial charge in [0.2, 0.25) is 5.91 Å². The highest BCUT2D eigenvalue weighted by atomic mass is 16.5. The molecule has 3 N–H and O–H groups in total. The zero-order valence-corrected chi connectivity index (χ0v) is 26.0. The summed E-state index contributed by atoms with van der Waals surface area (Å²) in [6, 6.07) is 22.9. The van der Waals surface area contributed by atoms with Gasteiger partial charge in [0.15, 0.2) is 0 Å². The van der Waals surface area contributed by atoms with Crippen molar-refractivity contribution in [2.24, 2.45) is 0 Å². The van der Waals surface area contributed by atoms with E-state index in [2.05, 4.69) is 20.7 Å². The minimum absolute atomic E-state index is 0.0400. The molecular weight excluding hydrogens is 568 g/mol. The Balaban J connectivity index is 1.28. The maximum absolute atomic E-state index is 13.2. The van der Waals surface area contributed by atoms with E-state index in [0.29, 0.717) is 23.3 Å². The lowest BCUT2D eigenvalue weighted by Crippen LogP contribution is -2.32. The smallest absolute Gasteiger partial charge is 0.411 e. The summed E-state index contributed by atoms with van der Waals surface area (Å²) in [5, 5.41) is 11.8. The van der Waals surface area contributed by atoms with Gasteiger partial charge in [-0.15, -0.1) is 0 Å². The molecule has 2 aromatic heterocycles. The first-order valence-corrected chi connectivity index (χ1v) is 15.0. The number of aromatic amines is 1. The Morgan fingerprint density at radius 2 is 1.84 bits per heavy atom. The first-order chi connectivity index (χ1) is 21.7. The predicted octanol–water partition coefficient (Wildman–Crippen LogP) is 6.14. The van der Waals surface area contributed by atoms with Crippen LogP contribution in [0.25, 0.3) is 22.0 Å². The number of carbonyl (C=O) groups excluding carboxylic acids is 2. The molecule has 0 aliphatic rings. The van der Waals surface area contributed by atoms with Crippen molar-refractivity contribution in [2.45, 2.75) is 39.8 Å². The molecule has 0 aliphatic carbocycles. The number of H-pyrrole nitrogens is 1. The lowest BCUT2D eigenvalue weighted by molar-refractivity contribution is -0.128. The van der Waals surface area contributed by atoms with Gasteiger partial charge in [0, 0.05) is 60.8 Å². The van der Waals surface area contributed by atoms with E-state index in [-0.39, 0.29) is 37.1 Å². The number of nitrogens with one attached hydrogen (secondary N) is 3. The molecule has 3 aromatic carbocycles. The van der Waals surface area contributed by atoms with Gasteiger partial charge >= 0.3 is 6.09 Å². The summed E-state index contributed by atoms with van der Waals surface area (Å²) in [6.45, 7) is 7.34. The van der Waals surface area contributed by atoms with Crippen LogP contribution in [0.4, 0.5) is 16.2 Å². The molecular formula is C35H38N6O4. The summed E-state index contributed by atoms with van der Waals surface area (Å²) in [4.78, 5) is 42.5. The van der Waals surface area contributed by atoms with Gasteiger partial charge in [0.25, 0.3) is 5.56 Å². The number of likely N-dealkylation sites (N-methyl/N-ethyl adjacent to an activating group) is 1. The second-order valence-electron chi connectivity index (χ2n) is 11.1. The molecule has 0 aliphatic heterocycles. The Hall–Kier alpha value is -5.38. The van der Waals surface area contributed by atoms with Crippen molar-refractivity contribution in [2.75, 3.05) is 30.8 Å². The molecule has 0 saturated carbocycles. The summed E-state index contributed by atoms with van der Waals surface area (Å²) in [5.41, 5.74) is 6.00. The number of hydrogen-bond acceptors (Lipinski definition) is 6. The van der Waals surface area contributed by atoms with Gasteiger partial charge in [0.1, 0.15) is 0 Å². The number of benzene rings is 3. The van der Waals surface area contributed by atoms with Crippen LogP contribution in [0.15, 0.2) is 90.0 Å². The number of rotatable bonds is 11. The van der Waals surface area contributed by atoms with Gasteiger partial charge in [-0.1, -0.05) is 43.3 Å². The van der Waals surface area contributed by atoms with Crippen molar-refractivity contribution >= 4 is 34.1 Å².